The number of amides is 1. The Labute approximate surface area is 191 Å². The van der Waals surface area contributed by atoms with E-state index in [0.29, 0.717) is 12.4 Å². The molecular weight excluding hydrogens is 473 g/mol. The average Bonchev–Trinajstić information content (AvgIpc) is 3.39. The van der Waals surface area contributed by atoms with Gasteiger partial charge in [0.15, 0.2) is 0 Å². The summed E-state index contributed by atoms with van der Waals surface area (Å²) in [5, 5.41) is 13.8. The first-order valence-corrected chi connectivity index (χ1v) is 13.4. The van der Waals surface area contributed by atoms with E-state index in [1.165, 1.54) is 23.9 Å². The van der Waals surface area contributed by atoms with Crippen LogP contribution in [0.15, 0.2) is 57.1 Å². The molecule has 0 aliphatic carbocycles. The molecule has 0 saturated carbocycles. The molecule has 3 heterocycles. The van der Waals surface area contributed by atoms with Crippen LogP contribution in [0.2, 0.25) is 0 Å². The molecule has 7 nitrogen and oxygen atoms in total. The fraction of sp³-hybridized carbons (Fsp3) is 0.150. The number of rotatable bonds is 7. The third-order valence-electron chi connectivity index (χ3n) is 4.38. The molecule has 4 aromatic rings. The Morgan fingerprint density at radius 3 is 2.61 bits per heavy atom. The number of thiophene rings is 2. The summed E-state index contributed by atoms with van der Waals surface area (Å²) < 4.78 is 22.6. The highest BCUT2D eigenvalue weighted by atomic mass is 32.2. The van der Waals surface area contributed by atoms with Crippen LogP contribution in [0.4, 0.5) is 0 Å². The predicted molar refractivity (Wildman–Crippen MR) is 126 cm³/mol. The Morgan fingerprint density at radius 1 is 1.16 bits per heavy atom. The van der Waals surface area contributed by atoms with Gasteiger partial charge in [-0.05, 0) is 36.1 Å². The van der Waals surface area contributed by atoms with Gasteiger partial charge in [-0.3, -0.25) is 4.79 Å². The Kier molecular flexibility index (Phi) is 6.39. The van der Waals surface area contributed by atoms with E-state index in [2.05, 4.69) is 26.7 Å². The zero-order chi connectivity index (χ0) is 22.0. The van der Waals surface area contributed by atoms with Crippen LogP contribution in [0.1, 0.15) is 11.4 Å². The monoisotopic (exact) mass is 490 g/mol. The van der Waals surface area contributed by atoms with E-state index in [4.69, 9.17) is 5.14 Å². The lowest BCUT2D eigenvalue weighted by Crippen LogP contribution is -2.24. The van der Waals surface area contributed by atoms with Gasteiger partial charge in [0, 0.05) is 22.4 Å². The summed E-state index contributed by atoms with van der Waals surface area (Å²) in [5.74, 6) is 0.739. The number of carbonyl (C=O) groups is 1. The minimum atomic E-state index is -3.73. The number of thioether (sulfide) groups is 1. The normalized spacial score (nSPS) is 11.7. The number of nitrogens with two attached hydrogens (primary N) is 1. The lowest BCUT2D eigenvalue weighted by Gasteiger charge is -2.08. The van der Waals surface area contributed by atoms with E-state index in [0.717, 1.165) is 31.2 Å². The number of nitrogens with zero attached hydrogens (tertiary/aromatic N) is 2. The lowest BCUT2D eigenvalue weighted by molar-refractivity contribution is -0.118. The second-order valence-corrected chi connectivity index (χ2v) is 11.0. The topological polar surface area (TPSA) is 115 Å². The first kappa shape index (κ1) is 21.9. The van der Waals surface area contributed by atoms with Crippen LogP contribution in [-0.4, -0.2) is 30.0 Å². The molecule has 3 N–H and O–H groups in total. The van der Waals surface area contributed by atoms with Crippen LogP contribution in [-0.2, 0) is 21.4 Å². The molecule has 1 amide bonds. The number of hydrogen-bond acceptors (Lipinski definition) is 8. The molecule has 31 heavy (non-hydrogen) atoms. The number of carbonyl (C=O) groups excluding carboxylic acids is 1. The van der Waals surface area contributed by atoms with Crippen LogP contribution in [0.3, 0.4) is 0 Å². The van der Waals surface area contributed by atoms with Gasteiger partial charge in [0.1, 0.15) is 15.7 Å². The molecule has 1 aromatic carbocycles. The van der Waals surface area contributed by atoms with Crippen molar-refractivity contribution in [3.8, 4) is 10.4 Å². The van der Waals surface area contributed by atoms with Crippen molar-refractivity contribution in [2.24, 2.45) is 5.14 Å². The van der Waals surface area contributed by atoms with Crippen LogP contribution >= 0.6 is 34.4 Å². The molecule has 4 rings (SSSR count). The zero-order valence-corrected chi connectivity index (χ0v) is 19.6. The second kappa shape index (κ2) is 9.05. The quantitative estimate of drug-likeness (QED) is 0.301. The molecule has 0 unspecified atom stereocenters. The number of sulfonamides is 1. The number of nitrogens with one attached hydrogen (secondary N) is 1. The fourth-order valence-electron chi connectivity index (χ4n) is 2.91. The highest BCUT2D eigenvalue weighted by Gasteiger charge is 2.16. The highest BCUT2D eigenvalue weighted by Crippen LogP contribution is 2.39. The molecule has 0 spiro atoms. The molecule has 160 valence electrons. The zero-order valence-electron chi connectivity index (χ0n) is 16.4. The van der Waals surface area contributed by atoms with Crippen molar-refractivity contribution >= 4 is 60.6 Å². The third kappa shape index (κ3) is 5.13. The SMILES string of the molecule is Cc1nc(SCC(=O)NCc2ccc(S(N)(=O)=O)cc2)c2c(-c3cccs3)csc2n1. The van der Waals surface area contributed by atoms with Crippen LogP contribution in [0.25, 0.3) is 20.7 Å². The van der Waals surface area contributed by atoms with Crippen LogP contribution in [0.5, 0.6) is 0 Å². The van der Waals surface area contributed by atoms with Gasteiger partial charge in [0.25, 0.3) is 0 Å². The van der Waals surface area contributed by atoms with Crippen molar-refractivity contribution in [3.05, 3.63) is 58.5 Å². The average molecular weight is 491 g/mol. The number of aryl methyl sites for hydroxylation is 1. The van der Waals surface area contributed by atoms with Crippen molar-refractivity contribution in [1.82, 2.24) is 15.3 Å². The van der Waals surface area contributed by atoms with Crippen molar-refractivity contribution in [2.45, 2.75) is 23.4 Å². The summed E-state index contributed by atoms with van der Waals surface area (Å²) in [5.41, 5.74) is 1.87. The number of hydrogen-bond donors (Lipinski definition) is 2. The van der Waals surface area contributed by atoms with Gasteiger partial charge in [0.05, 0.1) is 16.0 Å². The molecule has 3 aromatic heterocycles. The van der Waals surface area contributed by atoms with Gasteiger partial charge in [-0.1, -0.05) is 30.0 Å². The maximum atomic E-state index is 12.4. The first-order valence-electron chi connectivity index (χ1n) is 9.12. The molecule has 0 aliphatic rings. The van der Waals surface area contributed by atoms with E-state index < -0.39 is 10.0 Å². The maximum absolute atomic E-state index is 12.4. The van der Waals surface area contributed by atoms with Crippen molar-refractivity contribution in [2.75, 3.05) is 5.75 Å². The predicted octanol–water partition coefficient (Wildman–Crippen LogP) is 3.78. The molecule has 0 atom stereocenters. The van der Waals surface area contributed by atoms with Gasteiger partial charge in [-0.2, -0.15) is 0 Å². The minimum absolute atomic E-state index is 0.0404. The summed E-state index contributed by atoms with van der Waals surface area (Å²) in [4.78, 5) is 23.6. The number of benzene rings is 1. The van der Waals surface area contributed by atoms with E-state index >= 15 is 0 Å². The van der Waals surface area contributed by atoms with Crippen LogP contribution in [0, 0.1) is 6.92 Å². The molecule has 0 radical (unpaired) electrons. The molecule has 0 saturated heterocycles. The van der Waals surface area contributed by atoms with E-state index in [-0.39, 0.29) is 16.6 Å². The molecular formula is C20H18N4O3S4. The van der Waals surface area contributed by atoms with Gasteiger partial charge < -0.3 is 5.32 Å². The van der Waals surface area contributed by atoms with Crippen molar-refractivity contribution in [3.63, 3.8) is 0 Å². The Balaban J connectivity index is 1.44. The summed E-state index contributed by atoms with van der Waals surface area (Å²) in [6.45, 7) is 2.14. The summed E-state index contributed by atoms with van der Waals surface area (Å²) >= 11 is 4.61. The van der Waals surface area contributed by atoms with E-state index in [1.807, 2.05) is 18.4 Å². The minimum Gasteiger partial charge on any atom is -0.351 e. The summed E-state index contributed by atoms with van der Waals surface area (Å²) in [6.07, 6.45) is 0. The molecule has 0 aliphatic heterocycles. The van der Waals surface area contributed by atoms with E-state index in [1.54, 1.807) is 34.8 Å². The molecule has 0 fully saturated rings. The Bertz CT molecular complexity index is 1330. The van der Waals surface area contributed by atoms with Gasteiger partial charge in [0.2, 0.25) is 15.9 Å². The lowest BCUT2D eigenvalue weighted by atomic mass is 10.2. The smallest absolute Gasteiger partial charge is 0.238 e. The first-order chi connectivity index (χ1) is 14.8. The van der Waals surface area contributed by atoms with Gasteiger partial charge in [-0.25, -0.2) is 23.5 Å². The third-order valence-corrected chi connectivity index (χ3v) is 8.06. The van der Waals surface area contributed by atoms with Crippen LogP contribution < -0.4 is 10.5 Å². The van der Waals surface area contributed by atoms with Crippen molar-refractivity contribution in [1.29, 1.82) is 0 Å². The number of aromatic nitrogens is 2. The summed E-state index contributed by atoms with van der Waals surface area (Å²) in [6, 6.07) is 10.2. The van der Waals surface area contributed by atoms with Gasteiger partial charge >= 0.3 is 0 Å². The molecule has 0 bridgehead atoms. The number of fused-ring (bicyclic) bond motifs is 1. The Morgan fingerprint density at radius 2 is 1.94 bits per heavy atom. The standard InChI is InChI=1S/C20H18N4O3S4/c1-12-23-19-18(15(10-29-19)16-3-2-8-28-16)20(24-12)30-11-17(25)22-9-13-4-6-14(7-5-13)31(21,26)27/h2-8,10H,9,11H2,1H3,(H,22,25)(H2,21,26,27). The fourth-order valence-corrected chi connectivity index (χ4v) is 6.22. The second-order valence-electron chi connectivity index (χ2n) is 6.64. The highest BCUT2D eigenvalue weighted by molar-refractivity contribution is 8.00. The maximum Gasteiger partial charge on any atom is 0.238 e. The van der Waals surface area contributed by atoms with Gasteiger partial charge in [-0.15, -0.1) is 22.7 Å². The van der Waals surface area contributed by atoms with E-state index in [9.17, 15) is 13.2 Å². The molecule has 11 heteroatoms. The number of primary sulfonamides is 1. The Hall–Kier alpha value is -2.31. The van der Waals surface area contributed by atoms with Crippen molar-refractivity contribution < 1.29 is 13.2 Å². The summed E-state index contributed by atoms with van der Waals surface area (Å²) in [7, 11) is -3.73. The largest absolute Gasteiger partial charge is 0.351 e.